The van der Waals surface area contributed by atoms with Crippen molar-refractivity contribution in [3.05, 3.63) is 78.0 Å². The number of rotatable bonds is 8. The zero-order valence-corrected chi connectivity index (χ0v) is 15.6. The minimum absolute atomic E-state index is 0.324. The monoisotopic (exact) mass is 374 g/mol. The fraction of sp³-hybridized carbons (Fsp3) is 0.136. The zero-order chi connectivity index (χ0) is 19.6. The molecule has 2 aromatic carbocycles. The Bertz CT molecular complexity index is 961. The van der Waals surface area contributed by atoms with Gasteiger partial charge in [-0.05, 0) is 36.3 Å². The Morgan fingerprint density at radius 2 is 1.96 bits per heavy atom. The van der Waals surface area contributed by atoms with Gasteiger partial charge in [-0.25, -0.2) is 5.43 Å². The van der Waals surface area contributed by atoms with E-state index in [9.17, 15) is 4.79 Å². The summed E-state index contributed by atoms with van der Waals surface area (Å²) in [7, 11) is 0. The number of hydrazone groups is 1. The van der Waals surface area contributed by atoms with Gasteiger partial charge in [0.1, 0.15) is 11.4 Å². The SMILES string of the molecule is CCCOc1ccccc1-c1cc(C(=O)NN=CC=Cc2ccccc2)[nH]n1. The molecule has 6 heteroatoms. The molecule has 0 fully saturated rings. The Balaban J connectivity index is 1.61. The van der Waals surface area contributed by atoms with Crippen molar-refractivity contribution in [2.75, 3.05) is 6.61 Å². The number of nitrogens with zero attached hydrogens (tertiary/aromatic N) is 2. The molecule has 3 rings (SSSR count). The summed E-state index contributed by atoms with van der Waals surface area (Å²) in [6.45, 7) is 2.68. The number of para-hydroxylation sites is 1. The maximum absolute atomic E-state index is 12.2. The van der Waals surface area contributed by atoms with Crippen LogP contribution in [0.3, 0.4) is 0 Å². The van der Waals surface area contributed by atoms with Crippen LogP contribution in [0.15, 0.2) is 71.8 Å². The lowest BCUT2D eigenvalue weighted by Crippen LogP contribution is -2.17. The van der Waals surface area contributed by atoms with Crippen molar-refractivity contribution in [2.45, 2.75) is 13.3 Å². The van der Waals surface area contributed by atoms with Crippen LogP contribution < -0.4 is 10.2 Å². The highest BCUT2D eigenvalue weighted by Gasteiger charge is 2.13. The van der Waals surface area contributed by atoms with Gasteiger partial charge in [0.15, 0.2) is 0 Å². The van der Waals surface area contributed by atoms with E-state index >= 15 is 0 Å². The van der Waals surface area contributed by atoms with Crippen LogP contribution in [0.5, 0.6) is 5.75 Å². The first kappa shape index (κ1) is 19.1. The lowest BCUT2D eigenvalue weighted by atomic mass is 10.1. The number of carbonyl (C=O) groups is 1. The Morgan fingerprint density at radius 1 is 1.18 bits per heavy atom. The molecule has 1 heterocycles. The topological polar surface area (TPSA) is 79.4 Å². The van der Waals surface area contributed by atoms with Crippen LogP contribution in [0.4, 0.5) is 0 Å². The van der Waals surface area contributed by atoms with Crippen molar-refractivity contribution in [1.82, 2.24) is 15.6 Å². The van der Waals surface area contributed by atoms with Gasteiger partial charge in [0.25, 0.3) is 5.91 Å². The molecule has 0 bridgehead atoms. The van der Waals surface area contributed by atoms with E-state index in [1.165, 1.54) is 6.21 Å². The number of nitrogens with one attached hydrogen (secondary N) is 2. The van der Waals surface area contributed by atoms with E-state index in [-0.39, 0.29) is 5.91 Å². The summed E-state index contributed by atoms with van der Waals surface area (Å²) in [4.78, 5) is 12.2. The lowest BCUT2D eigenvalue weighted by Gasteiger charge is -2.08. The summed E-state index contributed by atoms with van der Waals surface area (Å²) < 4.78 is 5.75. The standard InChI is InChI=1S/C22H22N4O2/c1-2-15-28-21-13-7-6-12-18(21)19-16-20(25-24-19)22(27)26-23-14-8-11-17-9-4-3-5-10-17/h3-14,16H,2,15H2,1H3,(H,24,25)(H,26,27). The van der Waals surface area contributed by atoms with Crippen molar-refractivity contribution in [3.8, 4) is 17.0 Å². The van der Waals surface area contributed by atoms with Crippen molar-refractivity contribution >= 4 is 18.2 Å². The number of hydrogen-bond donors (Lipinski definition) is 2. The molecule has 0 spiro atoms. The number of carbonyl (C=O) groups excluding carboxylic acids is 1. The van der Waals surface area contributed by atoms with Crippen LogP contribution in [0.2, 0.25) is 0 Å². The summed E-state index contributed by atoms with van der Waals surface area (Å²) in [5.41, 5.74) is 5.33. The number of amides is 1. The second kappa shape index (κ2) is 9.87. The van der Waals surface area contributed by atoms with Crippen molar-refractivity contribution in [1.29, 1.82) is 0 Å². The molecule has 0 atom stereocenters. The molecule has 0 aliphatic rings. The molecule has 0 saturated heterocycles. The van der Waals surface area contributed by atoms with E-state index in [4.69, 9.17) is 4.74 Å². The van der Waals surface area contributed by atoms with Gasteiger partial charge in [-0.2, -0.15) is 10.2 Å². The summed E-state index contributed by atoms with van der Waals surface area (Å²) in [5, 5.41) is 10.9. The number of ether oxygens (including phenoxy) is 1. The summed E-state index contributed by atoms with van der Waals surface area (Å²) in [6, 6.07) is 19.1. The van der Waals surface area contributed by atoms with E-state index in [0.29, 0.717) is 18.0 Å². The number of hydrogen-bond acceptors (Lipinski definition) is 4. The Morgan fingerprint density at radius 3 is 2.79 bits per heavy atom. The number of allylic oxidation sites excluding steroid dienone is 1. The Kier molecular flexibility index (Phi) is 6.73. The van der Waals surface area contributed by atoms with Crippen molar-refractivity contribution < 1.29 is 9.53 Å². The normalized spacial score (nSPS) is 11.2. The molecule has 6 nitrogen and oxygen atoms in total. The smallest absolute Gasteiger partial charge is 0.289 e. The van der Waals surface area contributed by atoms with E-state index < -0.39 is 0 Å². The average Bonchev–Trinajstić information content (AvgIpc) is 3.23. The molecular formula is C22H22N4O2. The van der Waals surface area contributed by atoms with Gasteiger partial charge in [0, 0.05) is 11.8 Å². The lowest BCUT2D eigenvalue weighted by molar-refractivity contribution is 0.0950. The van der Waals surface area contributed by atoms with Crippen LogP contribution >= 0.6 is 0 Å². The van der Waals surface area contributed by atoms with Crippen molar-refractivity contribution in [2.24, 2.45) is 5.10 Å². The second-order valence-electron chi connectivity index (χ2n) is 6.00. The minimum Gasteiger partial charge on any atom is -0.493 e. The van der Waals surface area contributed by atoms with Crippen LogP contribution in [0.1, 0.15) is 29.4 Å². The van der Waals surface area contributed by atoms with Gasteiger partial charge in [-0.3, -0.25) is 9.89 Å². The fourth-order valence-corrected chi connectivity index (χ4v) is 2.51. The molecule has 1 amide bonds. The van der Waals surface area contributed by atoms with Gasteiger partial charge >= 0.3 is 0 Å². The Labute approximate surface area is 163 Å². The minimum atomic E-state index is -0.366. The predicted octanol–water partition coefficient (Wildman–Crippen LogP) is 4.29. The van der Waals surface area contributed by atoms with E-state index in [1.807, 2.05) is 60.7 Å². The van der Waals surface area contributed by atoms with Gasteiger partial charge < -0.3 is 4.74 Å². The molecule has 142 valence electrons. The predicted molar refractivity (Wildman–Crippen MR) is 111 cm³/mol. The average molecular weight is 374 g/mol. The maximum atomic E-state index is 12.2. The highest BCUT2D eigenvalue weighted by Crippen LogP contribution is 2.28. The molecule has 0 radical (unpaired) electrons. The third-order valence-electron chi connectivity index (χ3n) is 3.86. The number of benzene rings is 2. The van der Waals surface area contributed by atoms with Gasteiger partial charge in [0.05, 0.1) is 12.3 Å². The van der Waals surface area contributed by atoms with E-state index in [0.717, 1.165) is 23.3 Å². The van der Waals surface area contributed by atoms with Gasteiger partial charge in [-0.1, -0.05) is 55.5 Å². The number of aromatic nitrogens is 2. The number of H-pyrrole nitrogens is 1. The van der Waals surface area contributed by atoms with Gasteiger partial charge in [0.2, 0.25) is 0 Å². The molecule has 0 saturated carbocycles. The second-order valence-corrected chi connectivity index (χ2v) is 6.00. The third kappa shape index (κ3) is 5.17. The van der Waals surface area contributed by atoms with E-state index in [1.54, 1.807) is 12.1 Å². The van der Waals surface area contributed by atoms with Crippen LogP contribution in [0, 0.1) is 0 Å². The summed E-state index contributed by atoms with van der Waals surface area (Å²) in [5.74, 6) is 0.377. The third-order valence-corrected chi connectivity index (χ3v) is 3.86. The van der Waals surface area contributed by atoms with Crippen LogP contribution in [-0.2, 0) is 0 Å². The van der Waals surface area contributed by atoms with Gasteiger partial charge in [-0.15, -0.1) is 0 Å². The first-order chi connectivity index (χ1) is 13.8. The number of aromatic amines is 1. The summed E-state index contributed by atoms with van der Waals surface area (Å²) >= 11 is 0. The summed E-state index contributed by atoms with van der Waals surface area (Å²) in [6.07, 6.45) is 6.10. The first-order valence-electron chi connectivity index (χ1n) is 9.10. The zero-order valence-electron chi connectivity index (χ0n) is 15.6. The van der Waals surface area contributed by atoms with Crippen molar-refractivity contribution in [3.63, 3.8) is 0 Å². The highest BCUT2D eigenvalue weighted by atomic mass is 16.5. The molecule has 0 unspecified atom stereocenters. The molecular weight excluding hydrogens is 352 g/mol. The molecule has 1 aromatic heterocycles. The first-order valence-corrected chi connectivity index (χ1v) is 9.10. The Hall–Kier alpha value is -3.67. The highest BCUT2D eigenvalue weighted by molar-refractivity contribution is 5.94. The molecule has 28 heavy (non-hydrogen) atoms. The fourth-order valence-electron chi connectivity index (χ4n) is 2.51. The maximum Gasteiger partial charge on any atom is 0.289 e. The largest absolute Gasteiger partial charge is 0.493 e. The molecule has 3 aromatic rings. The molecule has 2 N–H and O–H groups in total. The van der Waals surface area contributed by atoms with Crippen LogP contribution in [0.25, 0.3) is 17.3 Å². The van der Waals surface area contributed by atoms with Crippen LogP contribution in [-0.4, -0.2) is 28.9 Å². The van der Waals surface area contributed by atoms with E-state index in [2.05, 4.69) is 27.6 Å². The molecule has 0 aliphatic heterocycles. The quantitative estimate of drug-likeness (QED) is 0.456. The molecule has 0 aliphatic carbocycles.